The van der Waals surface area contributed by atoms with Crippen LogP contribution in [0.2, 0.25) is 0 Å². The Kier molecular flexibility index (Phi) is 8.04. The maximum atomic E-state index is 12.8. The summed E-state index contributed by atoms with van der Waals surface area (Å²) in [5.41, 5.74) is 0.777. The number of rotatable bonds is 7. The lowest BCUT2D eigenvalue weighted by atomic mass is 9.91. The quantitative estimate of drug-likeness (QED) is 0.457. The standard InChI is InChI=1S/C26H32N6O4/c1-27-24(33)5-3-4-18-9-13-31(14-10-18)26(35)30-23-17-21(8-12-29-23)36-20-6-7-22-19(16-20)11-15-32(22)25(34)28-2/h6-8,11-12,15-18H,3-5,9-10,13-14H2,1-2H3,(H,27,33)(H,28,34)(H,29,30,35). The Bertz CT molecular complexity index is 1230. The number of piperidine rings is 1. The topological polar surface area (TPSA) is 118 Å². The third-order valence-electron chi connectivity index (χ3n) is 6.49. The van der Waals surface area contributed by atoms with Crippen molar-refractivity contribution >= 4 is 34.7 Å². The molecule has 0 spiro atoms. The molecular formula is C26H32N6O4. The number of amides is 4. The molecule has 1 aliphatic rings. The van der Waals surface area contributed by atoms with Crippen molar-refractivity contribution in [3.8, 4) is 11.5 Å². The molecule has 190 valence electrons. The van der Waals surface area contributed by atoms with Gasteiger partial charge in [0.1, 0.15) is 17.3 Å². The molecule has 2 aromatic heterocycles. The second-order valence-corrected chi connectivity index (χ2v) is 8.87. The number of nitrogens with one attached hydrogen (secondary N) is 3. The van der Waals surface area contributed by atoms with E-state index in [-0.39, 0.29) is 18.0 Å². The van der Waals surface area contributed by atoms with E-state index in [0.717, 1.165) is 36.6 Å². The number of nitrogens with zero attached hydrogens (tertiary/aromatic N) is 3. The number of pyridine rings is 1. The third kappa shape index (κ3) is 6.12. The Morgan fingerprint density at radius 2 is 1.78 bits per heavy atom. The van der Waals surface area contributed by atoms with Crippen LogP contribution in [0, 0.1) is 5.92 Å². The van der Waals surface area contributed by atoms with E-state index in [1.54, 1.807) is 49.6 Å². The molecule has 1 aliphatic heterocycles. The van der Waals surface area contributed by atoms with E-state index < -0.39 is 0 Å². The van der Waals surface area contributed by atoms with Gasteiger partial charge in [0.05, 0.1) is 5.52 Å². The number of aromatic nitrogens is 2. The Morgan fingerprint density at radius 3 is 2.53 bits per heavy atom. The molecule has 1 fully saturated rings. The molecule has 3 N–H and O–H groups in total. The maximum Gasteiger partial charge on any atom is 0.325 e. The normalized spacial score (nSPS) is 13.9. The molecule has 1 saturated heterocycles. The number of carbonyl (C=O) groups excluding carboxylic acids is 3. The van der Waals surface area contributed by atoms with E-state index in [9.17, 15) is 14.4 Å². The van der Waals surface area contributed by atoms with Crippen molar-refractivity contribution in [1.29, 1.82) is 0 Å². The Hall–Kier alpha value is -4.08. The highest BCUT2D eigenvalue weighted by Crippen LogP contribution is 2.28. The molecule has 10 heteroatoms. The van der Waals surface area contributed by atoms with E-state index in [2.05, 4.69) is 20.9 Å². The third-order valence-corrected chi connectivity index (χ3v) is 6.49. The lowest BCUT2D eigenvalue weighted by molar-refractivity contribution is -0.120. The first kappa shape index (κ1) is 25.0. The Morgan fingerprint density at radius 1 is 1.00 bits per heavy atom. The zero-order valence-corrected chi connectivity index (χ0v) is 20.6. The molecule has 0 atom stereocenters. The molecule has 4 amide bonds. The summed E-state index contributed by atoms with van der Waals surface area (Å²) >= 11 is 0. The van der Waals surface area contributed by atoms with Gasteiger partial charge in [0.2, 0.25) is 5.91 Å². The van der Waals surface area contributed by atoms with Crippen LogP contribution in [-0.2, 0) is 4.79 Å². The zero-order valence-electron chi connectivity index (χ0n) is 20.6. The highest BCUT2D eigenvalue weighted by Gasteiger charge is 2.23. The van der Waals surface area contributed by atoms with Gasteiger partial charge < -0.3 is 20.3 Å². The number of benzene rings is 1. The summed E-state index contributed by atoms with van der Waals surface area (Å²) in [7, 11) is 3.25. The first-order valence-corrected chi connectivity index (χ1v) is 12.2. The van der Waals surface area contributed by atoms with Gasteiger partial charge in [-0.2, -0.15) is 0 Å². The molecule has 10 nitrogen and oxygen atoms in total. The Labute approximate surface area is 210 Å². The lowest BCUT2D eigenvalue weighted by Gasteiger charge is -2.32. The molecule has 36 heavy (non-hydrogen) atoms. The Balaban J connectivity index is 1.30. The molecule has 3 aromatic rings. The SMILES string of the molecule is CNC(=O)CCCC1CCN(C(=O)Nc2cc(Oc3ccc4c(ccn4C(=O)NC)c3)ccn2)CC1. The highest BCUT2D eigenvalue weighted by molar-refractivity contribution is 5.92. The van der Waals surface area contributed by atoms with Crippen molar-refractivity contribution in [2.75, 3.05) is 32.5 Å². The van der Waals surface area contributed by atoms with Gasteiger partial charge in [0, 0.05) is 57.5 Å². The minimum Gasteiger partial charge on any atom is -0.457 e. The average molecular weight is 493 g/mol. The van der Waals surface area contributed by atoms with Crippen molar-refractivity contribution in [2.24, 2.45) is 5.92 Å². The van der Waals surface area contributed by atoms with Crippen LogP contribution in [0.4, 0.5) is 15.4 Å². The maximum absolute atomic E-state index is 12.8. The van der Waals surface area contributed by atoms with Gasteiger partial charge in [-0.15, -0.1) is 0 Å². The first-order valence-electron chi connectivity index (χ1n) is 12.2. The van der Waals surface area contributed by atoms with E-state index >= 15 is 0 Å². The molecule has 0 bridgehead atoms. The predicted octanol–water partition coefficient (Wildman–Crippen LogP) is 4.18. The van der Waals surface area contributed by atoms with E-state index in [1.807, 2.05) is 18.2 Å². The van der Waals surface area contributed by atoms with E-state index in [1.165, 1.54) is 4.57 Å². The summed E-state index contributed by atoms with van der Waals surface area (Å²) in [6, 6.07) is 10.3. The van der Waals surface area contributed by atoms with Crippen LogP contribution in [0.15, 0.2) is 48.8 Å². The van der Waals surface area contributed by atoms with Crippen molar-refractivity contribution in [3.63, 3.8) is 0 Å². The smallest absolute Gasteiger partial charge is 0.325 e. The summed E-state index contributed by atoms with van der Waals surface area (Å²) in [5, 5.41) is 9.00. The van der Waals surface area contributed by atoms with Gasteiger partial charge in [-0.05, 0) is 61.9 Å². The van der Waals surface area contributed by atoms with Crippen LogP contribution >= 0.6 is 0 Å². The molecular weight excluding hydrogens is 460 g/mol. The minimum atomic E-state index is -0.210. The largest absolute Gasteiger partial charge is 0.457 e. The summed E-state index contributed by atoms with van der Waals surface area (Å²) < 4.78 is 7.52. The minimum absolute atomic E-state index is 0.0752. The number of ether oxygens (including phenoxy) is 1. The van der Waals surface area contributed by atoms with Gasteiger partial charge in [0.15, 0.2) is 0 Å². The van der Waals surface area contributed by atoms with Crippen molar-refractivity contribution in [3.05, 3.63) is 48.8 Å². The lowest BCUT2D eigenvalue weighted by Crippen LogP contribution is -2.41. The molecule has 1 aromatic carbocycles. The van der Waals surface area contributed by atoms with Crippen LogP contribution in [0.25, 0.3) is 10.9 Å². The fourth-order valence-electron chi connectivity index (χ4n) is 4.45. The molecule has 4 rings (SSSR count). The predicted molar refractivity (Wildman–Crippen MR) is 137 cm³/mol. The molecule has 0 radical (unpaired) electrons. The molecule has 0 saturated carbocycles. The fraction of sp³-hybridized carbons (Fsp3) is 0.385. The molecule has 0 aliphatic carbocycles. The molecule has 0 unspecified atom stereocenters. The van der Waals surface area contributed by atoms with Crippen LogP contribution in [0.5, 0.6) is 11.5 Å². The average Bonchev–Trinajstić information content (AvgIpc) is 3.32. The summed E-state index contributed by atoms with van der Waals surface area (Å²) in [6.07, 6.45) is 7.60. The monoisotopic (exact) mass is 492 g/mol. The van der Waals surface area contributed by atoms with Gasteiger partial charge in [-0.1, -0.05) is 0 Å². The number of urea groups is 1. The summed E-state index contributed by atoms with van der Waals surface area (Å²) in [5.74, 6) is 2.18. The van der Waals surface area contributed by atoms with Crippen molar-refractivity contribution in [1.82, 2.24) is 25.1 Å². The fourth-order valence-corrected chi connectivity index (χ4v) is 4.45. The van der Waals surface area contributed by atoms with Crippen molar-refractivity contribution < 1.29 is 19.1 Å². The van der Waals surface area contributed by atoms with E-state index in [0.29, 0.717) is 42.7 Å². The van der Waals surface area contributed by atoms with Gasteiger partial charge >= 0.3 is 12.1 Å². The van der Waals surface area contributed by atoms with E-state index in [4.69, 9.17) is 4.74 Å². The van der Waals surface area contributed by atoms with Gasteiger partial charge in [-0.25, -0.2) is 14.6 Å². The van der Waals surface area contributed by atoms with Crippen LogP contribution in [0.3, 0.4) is 0 Å². The van der Waals surface area contributed by atoms with Gasteiger partial charge in [-0.3, -0.25) is 14.7 Å². The summed E-state index contributed by atoms with van der Waals surface area (Å²) in [4.78, 5) is 42.2. The number of fused-ring (bicyclic) bond motifs is 1. The first-order chi connectivity index (χ1) is 17.5. The second-order valence-electron chi connectivity index (χ2n) is 8.87. The van der Waals surface area contributed by atoms with Gasteiger partial charge in [0.25, 0.3) is 0 Å². The molecule has 3 heterocycles. The van der Waals surface area contributed by atoms with Crippen LogP contribution < -0.4 is 20.7 Å². The second kappa shape index (κ2) is 11.6. The highest BCUT2D eigenvalue weighted by atomic mass is 16.5. The summed E-state index contributed by atoms with van der Waals surface area (Å²) in [6.45, 7) is 1.37. The number of likely N-dealkylation sites (tertiary alicyclic amines) is 1. The number of anilines is 1. The number of hydrogen-bond donors (Lipinski definition) is 3. The van der Waals surface area contributed by atoms with Crippen LogP contribution in [-0.4, -0.2) is 59.6 Å². The number of carbonyl (C=O) groups is 3. The zero-order chi connectivity index (χ0) is 25.5. The van der Waals surface area contributed by atoms with Crippen molar-refractivity contribution in [2.45, 2.75) is 32.1 Å². The number of hydrogen-bond acceptors (Lipinski definition) is 5. The van der Waals surface area contributed by atoms with Crippen LogP contribution in [0.1, 0.15) is 32.1 Å².